The first-order valence-corrected chi connectivity index (χ1v) is 12.3. The molecule has 4 aromatic rings. The molecule has 2 atom stereocenters. The number of para-hydroxylation sites is 1. The van der Waals surface area contributed by atoms with Crippen LogP contribution in [0, 0.1) is 0 Å². The molecular weight excluding hydrogens is 515 g/mol. The van der Waals surface area contributed by atoms with Crippen molar-refractivity contribution in [3.05, 3.63) is 107 Å². The quantitative estimate of drug-likeness (QED) is 0.279. The molecule has 1 aromatic heterocycles. The minimum absolute atomic E-state index is 0.262. The van der Waals surface area contributed by atoms with E-state index in [1.54, 1.807) is 48.9 Å². The number of carbonyl (C=O) groups excluding carboxylic acids is 1. The van der Waals surface area contributed by atoms with Crippen LogP contribution in [-0.2, 0) is 21.8 Å². The molecule has 1 saturated heterocycles. The van der Waals surface area contributed by atoms with Crippen LogP contribution in [0.25, 0.3) is 0 Å². The number of hydrogen-bond acceptors (Lipinski definition) is 5. The van der Waals surface area contributed by atoms with Gasteiger partial charge in [0.2, 0.25) is 5.79 Å². The highest BCUT2D eigenvalue weighted by atomic mass is 35.5. The van der Waals surface area contributed by atoms with Gasteiger partial charge in [0.25, 0.3) is 0 Å². The molecule has 1 aliphatic rings. The van der Waals surface area contributed by atoms with Crippen molar-refractivity contribution in [1.82, 2.24) is 9.55 Å². The maximum absolute atomic E-state index is 12.2. The van der Waals surface area contributed by atoms with E-state index in [1.165, 1.54) is 0 Å². The van der Waals surface area contributed by atoms with Gasteiger partial charge in [0, 0.05) is 34.4 Å². The first-order valence-electron chi connectivity index (χ1n) is 11.6. The summed E-state index contributed by atoms with van der Waals surface area (Å²) in [6, 6.07) is 21.2. The zero-order valence-electron chi connectivity index (χ0n) is 19.6. The van der Waals surface area contributed by atoms with Crippen LogP contribution in [0.1, 0.15) is 5.56 Å². The van der Waals surface area contributed by atoms with Crippen molar-refractivity contribution in [1.29, 1.82) is 0 Å². The van der Waals surface area contributed by atoms with Gasteiger partial charge < -0.3 is 29.4 Å². The van der Waals surface area contributed by atoms with Crippen molar-refractivity contribution in [3.8, 4) is 5.75 Å². The Labute approximate surface area is 224 Å². The number of rotatable bonds is 8. The number of benzene rings is 3. The number of amides is 2. The van der Waals surface area contributed by atoms with Crippen LogP contribution in [-0.4, -0.2) is 34.9 Å². The summed E-state index contributed by atoms with van der Waals surface area (Å²) in [7, 11) is 0. The van der Waals surface area contributed by atoms with Gasteiger partial charge in [0.1, 0.15) is 18.5 Å². The van der Waals surface area contributed by atoms with E-state index in [2.05, 4.69) is 15.6 Å². The molecule has 0 bridgehead atoms. The Kier molecular flexibility index (Phi) is 7.62. The molecule has 0 radical (unpaired) electrons. The molecule has 2 amide bonds. The van der Waals surface area contributed by atoms with E-state index in [-0.39, 0.29) is 18.7 Å². The van der Waals surface area contributed by atoms with Crippen LogP contribution in [0.15, 0.2) is 91.5 Å². The fourth-order valence-electron chi connectivity index (χ4n) is 4.01. The molecule has 0 saturated carbocycles. The minimum atomic E-state index is -1.11. The van der Waals surface area contributed by atoms with Crippen molar-refractivity contribution in [2.75, 3.05) is 23.8 Å². The number of aromatic nitrogens is 2. The van der Waals surface area contributed by atoms with Gasteiger partial charge in [-0.15, -0.1) is 0 Å². The lowest BCUT2D eigenvalue weighted by Gasteiger charge is -2.30. The van der Waals surface area contributed by atoms with E-state index in [4.69, 9.17) is 37.4 Å². The molecular formula is C27H24Cl2N4O4. The van der Waals surface area contributed by atoms with Crippen molar-refractivity contribution in [2.45, 2.75) is 18.4 Å². The Morgan fingerprint density at radius 1 is 1.05 bits per heavy atom. The second kappa shape index (κ2) is 11.2. The largest absolute Gasteiger partial charge is 0.491 e. The Morgan fingerprint density at radius 2 is 1.81 bits per heavy atom. The van der Waals surface area contributed by atoms with Gasteiger partial charge in [-0.25, -0.2) is 9.78 Å². The van der Waals surface area contributed by atoms with Gasteiger partial charge in [0.15, 0.2) is 0 Å². The number of anilines is 2. The molecule has 3 aromatic carbocycles. The Hall–Kier alpha value is -3.56. The number of hydrogen-bond donors (Lipinski definition) is 2. The summed E-state index contributed by atoms with van der Waals surface area (Å²) in [5.41, 5.74) is 2.03. The molecule has 5 rings (SSSR count). The van der Waals surface area contributed by atoms with E-state index in [0.29, 0.717) is 45.9 Å². The molecule has 2 unspecified atom stereocenters. The standard InChI is InChI=1S/C27H24Cl2N4O4/c28-19-6-11-24(25(29)14-19)27(17-33-13-12-30-18-33)36-16-23(37-27)15-35-22-9-7-21(8-10-22)32-26(34)31-20-4-2-1-3-5-20/h1-14,18,23H,15-17H2,(H2,31,32,34). The molecule has 0 spiro atoms. The predicted molar refractivity (Wildman–Crippen MR) is 142 cm³/mol. The van der Waals surface area contributed by atoms with Gasteiger partial charge in [-0.05, 0) is 48.5 Å². The molecule has 1 aliphatic heterocycles. The van der Waals surface area contributed by atoms with Gasteiger partial charge in [-0.3, -0.25) is 0 Å². The Balaban J connectivity index is 1.20. The maximum atomic E-state index is 12.2. The van der Waals surface area contributed by atoms with Crippen LogP contribution in [0.3, 0.4) is 0 Å². The Bertz CT molecular complexity index is 1340. The lowest BCUT2D eigenvalue weighted by molar-refractivity contribution is -0.189. The third kappa shape index (κ3) is 6.23. The van der Waals surface area contributed by atoms with Gasteiger partial charge >= 0.3 is 6.03 Å². The number of halogens is 2. The molecule has 0 aliphatic carbocycles. The number of nitrogens with zero attached hydrogens (tertiary/aromatic N) is 2. The van der Waals surface area contributed by atoms with Gasteiger partial charge in [0.05, 0.1) is 24.5 Å². The van der Waals surface area contributed by atoms with E-state index in [1.807, 2.05) is 47.2 Å². The first kappa shape index (κ1) is 25.1. The van der Waals surface area contributed by atoms with Crippen molar-refractivity contribution in [3.63, 3.8) is 0 Å². The van der Waals surface area contributed by atoms with Gasteiger partial charge in [-0.1, -0.05) is 47.5 Å². The molecule has 10 heteroatoms. The average Bonchev–Trinajstić information content (AvgIpc) is 3.55. The lowest BCUT2D eigenvalue weighted by atomic mass is 10.1. The summed E-state index contributed by atoms with van der Waals surface area (Å²) in [5, 5.41) is 6.55. The van der Waals surface area contributed by atoms with E-state index < -0.39 is 5.79 Å². The molecule has 2 N–H and O–H groups in total. The van der Waals surface area contributed by atoms with Crippen LogP contribution in [0.5, 0.6) is 5.75 Å². The number of imidazole rings is 1. The molecule has 190 valence electrons. The third-order valence-corrected chi connectivity index (χ3v) is 6.28. The second-order valence-corrected chi connectivity index (χ2v) is 9.29. The fourth-order valence-corrected chi connectivity index (χ4v) is 4.57. The van der Waals surface area contributed by atoms with Crippen molar-refractivity contribution in [2.24, 2.45) is 0 Å². The van der Waals surface area contributed by atoms with Crippen molar-refractivity contribution < 1.29 is 19.0 Å². The SMILES string of the molecule is O=C(Nc1ccccc1)Nc1ccc(OCC2COC(Cn3ccnc3)(c3ccc(Cl)cc3Cl)O2)cc1. The monoisotopic (exact) mass is 538 g/mol. The second-order valence-electron chi connectivity index (χ2n) is 8.44. The van der Waals surface area contributed by atoms with E-state index >= 15 is 0 Å². The number of urea groups is 1. The fraction of sp³-hybridized carbons (Fsp3) is 0.185. The van der Waals surface area contributed by atoms with Crippen LogP contribution in [0.4, 0.5) is 16.2 Å². The summed E-state index contributed by atoms with van der Waals surface area (Å²) in [4.78, 5) is 16.3. The zero-order valence-corrected chi connectivity index (χ0v) is 21.2. The maximum Gasteiger partial charge on any atom is 0.323 e. The van der Waals surface area contributed by atoms with Crippen LogP contribution in [0.2, 0.25) is 10.0 Å². The van der Waals surface area contributed by atoms with Crippen LogP contribution >= 0.6 is 23.2 Å². The van der Waals surface area contributed by atoms with Gasteiger partial charge in [-0.2, -0.15) is 0 Å². The molecule has 1 fully saturated rings. The summed E-state index contributed by atoms with van der Waals surface area (Å²) in [5.74, 6) is -0.481. The predicted octanol–water partition coefficient (Wildman–Crippen LogP) is 6.18. The molecule has 2 heterocycles. The summed E-state index contributed by atoms with van der Waals surface area (Å²) in [6.45, 7) is 0.932. The molecule has 8 nitrogen and oxygen atoms in total. The highest BCUT2D eigenvalue weighted by Gasteiger charge is 2.45. The summed E-state index contributed by atoms with van der Waals surface area (Å²) < 4.78 is 20.4. The van der Waals surface area contributed by atoms with E-state index in [9.17, 15) is 4.79 Å². The Morgan fingerprint density at radius 3 is 2.51 bits per heavy atom. The highest BCUT2D eigenvalue weighted by Crippen LogP contribution is 2.40. The summed E-state index contributed by atoms with van der Waals surface area (Å²) >= 11 is 12.6. The number of ether oxygens (including phenoxy) is 3. The van der Waals surface area contributed by atoms with Crippen molar-refractivity contribution >= 4 is 40.6 Å². The minimum Gasteiger partial charge on any atom is -0.491 e. The number of carbonyl (C=O) groups is 1. The first-order chi connectivity index (χ1) is 18.0. The molecule has 37 heavy (non-hydrogen) atoms. The topological polar surface area (TPSA) is 86.6 Å². The summed E-state index contributed by atoms with van der Waals surface area (Å²) in [6.07, 6.45) is 4.87. The zero-order chi connectivity index (χ0) is 25.7. The lowest BCUT2D eigenvalue weighted by Crippen LogP contribution is -2.34. The normalized spacial score (nSPS) is 18.9. The van der Waals surface area contributed by atoms with Crippen LogP contribution < -0.4 is 15.4 Å². The smallest absolute Gasteiger partial charge is 0.323 e. The average molecular weight is 539 g/mol. The number of nitrogens with one attached hydrogen (secondary N) is 2. The highest BCUT2D eigenvalue weighted by molar-refractivity contribution is 6.35. The van der Waals surface area contributed by atoms with E-state index in [0.717, 1.165) is 0 Å². The third-order valence-electron chi connectivity index (χ3n) is 5.73.